The molecule has 4 N–H and O–H groups in total. The van der Waals surface area contributed by atoms with E-state index in [-0.39, 0.29) is 29.9 Å². The van der Waals surface area contributed by atoms with Crippen LogP contribution in [0.15, 0.2) is 24.3 Å². The molecule has 3 amide bonds. The minimum absolute atomic E-state index is 0.0402. The van der Waals surface area contributed by atoms with Crippen molar-refractivity contribution < 1.29 is 14.4 Å². The van der Waals surface area contributed by atoms with Gasteiger partial charge in [-0.25, -0.2) is 0 Å². The fourth-order valence-electron chi connectivity index (χ4n) is 5.19. The minimum Gasteiger partial charge on any atom is -0.366 e. The molecule has 1 aromatic carbocycles. The fourth-order valence-corrected chi connectivity index (χ4v) is 5.19. The summed E-state index contributed by atoms with van der Waals surface area (Å²) < 4.78 is 0. The molecule has 5 atom stereocenters. The number of hydrogen-bond acceptors (Lipinski definition) is 6. The van der Waals surface area contributed by atoms with Gasteiger partial charge in [0.05, 0.1) is 24.2 Å². The second kappa shape index (κ2) is 8.29. The highest BCUT2D eigenvalue weighted by Gasteiger charge is 2.51. The Hall–Kier alpha value is -2.96. The van der Waals surface area contributed by atoms with Crippen molar-refractivity contribution in [1.82, 2.24) is 14.7 Å². The third-order valence-electron chi connectivity index (χ3n) is 6.84. The average Bonchev–Trinajstić information content (AvgIpc) is 3.47. The Labute approximate surface area is 181 Å². The molecule has 0 radical (unpaired) electrons. The van der Waals surface area contributed by atoms with Gasteiger partial charge in [0.1, 0.15) is 6.04 Å². The molecule has 0 aliphatic carbocycles. The van der Waals surface area contributed by atoms with Gasteiger partial charge in [0.15, 0.2) is 0 Å². The lowest BCUT2D eigenvalue weighted by Crippen LogP contribution is -2.56. The van der Waals surface area contributed by atoms with E-state index < -0.39 is 18.0 Å². The number of nitrogens with zero attached hydrogens (tertiary/aromatic N) is 4. The molecule has 3 aliphatic heterocycles. The highest BCUT2D eigenvalue weighted by Crippen LogP contribution is 2.38. The van der Waals surface area contributed by atoms with Crippen LogP contribution in [0.4, 0.5) is 0 Å². The van der Waals surface area contributed by atoms with Gasteiger partial charge >= 0.3 is 0 Å². The van der Waals surface area contributed by atoms with Gasteiger partial charge in [-0.05, 0) is 43.9 Å². The largest absolute Gasteiger partial charge is 0.366 e. The van der Waals surface area contributed by atoms with Crippen molar-refractivity contribution in [1.29, 1.82) is 5.26 Å². The molecule has 164 valence electrons. The van der Waals surface area contributed by atoms with E-state index in [2.05, 4.69) is 6.07 Å². The van der Waals surface area contributed by atoms with E-state index in [0.717, 1.165) is 12.0 Å². The Balaban J connectivity index is 1.39. The maximum atomic E-state index is 13.1. The number of nitrogens with two attached hydrogens (primary N) is 2. The lowest BCUT2D eigenvalue weighted by atomic mass is 10.0. The second-order valence-corrected chi connectivity index (χ2v) is 8.69. The van der Waals surface area contributed by atoms with Crippen molar-refractivity contribution in [3.8, 4) is 6.07 Å². The van der Waals surface area contributed by atoms with E-state index in [1.807, 2.05) is 28.9 Å². The van der Waals surface area contributed by atoms with Crippen molar-refractivity contribution in [2.24, 2.45) is 11.5 Å². The van der Waals surface area contributed by atoms with Crippen molar-refractivity contribution in [2.45, 2.75) is 56.4 Å². The van der Waals surface area contributed by atoms with Gasteiger partial charge in [0, 0.05) is 31.2 Å². The van der Waals surface area contributed by atoms with E-state index in [4.69, 9.17) is 11.5 Å². The number of rotatable bonds is 6. The van der Waals surface area contributed by atoms with Gasteiger partial charge in [-0.2, -0.15) is 5.26 Å². The molecule has 3 saturated heterocycles. The molecule has 4 unspecified atom stereocenters. The Bertz CT molecular complexity index is 926. The summed E-state index contributed by atoms with van der Waals surface area (Å²) in [6, 6.07) is 7.71. The minimum atomic E-state index is -0.742. The number of nitriles is 1. The van der Waals surface area contributed by atoms with Crippen molar-refractivity contribution in [3.63, 3.8) is 0 Å². The van der Waals surface area contributed by atoms with Gasteiger partial charge in [-0.1, -0.05) is 12.1 Å². The van der Waals surface area contributed by atoms with Crippen LogP contribution >= 0.6 is 0 Å². The predicted octanol–water partition coefficient (Wildman–Crippen LogP) is -0.0265. The van der Waals surface area contributed by atoms with Gasteiger partial charge in [0.25, 0.3) is 0 Å². The summed E-state index contributed by atoms with van der Waals surface area (Å²) in [7, 11) is 0. The van der Waals surface area contributed by atoms with Crippen LogP contribution in [0.3, 0.4) is 0 Å². The monoisotopic (exact) mass is 424 g/mol. The van der Waals surface area contributed by atoms with Crippen LogP contribution < -0.4 is 11.5 Å². The highest BCUT2D eigenvalue weighted by molar-refractivity contribution is 5.92. The number of fused-ring (bicyclic) bond motifs is 2. The summed E-state index contributed by atoms with van der Waals surface area (Å²) in [6.45, 7) is 3.53. The molecule has 0 saturated carbocycles. The predicted molar refractivity (Wildman–Crippen MR) is 112 cm³/mol. The first-order valence-electron chi connectivity index (χ1n) is 10.7. The Kier molecular flexibility index (Phi) is 5.69. The summed E-state index contributed by atoms with van der Waals surface area (Å²) in [5.41, 5.74) is 12.9. The molecular weight excluding hydrogens is 396 g/mol. The highest BCUT2D eigenvalue weighted by atomic mass is 16.2. The summed E-state index contributed by atoms with van der Waals surface area (Å²) >= 11 is 0. The van der Waals surface area contributed by atoms with E-state index in [0.29, 0.717) is 38.0 Å². The molecule has 9 heteroatoms. The maximum Gasteiger partial charge on any atom is 0.248 e. The first-order valence-corrected chi connectivity index (χ1v) is 10.7. The first-order chi connectivity index (χ1) is 14.8. The van der Waals surface area contributed by atoms with Crippen LogP contribution in [-0.2, 0) is 9.59 Å². The molecule has 9 nitrogen and oxygen atoms in total. The van der Waals surface area contributed by atoms with Crippen LogP contribution in [0.1, 0.15) is 48.1 Å². The van der Waals surface area contributed by atoms with Crippen LogP contribution in [-0.4, -0.2) is 76.2 Å². The topological polar surface area (TPSA) is 137 Å². The molecule has 0 spiro atoms. The summed E-state index contributed by atoms with van der Waals surface area (Å²) in [4.78, 5) is 42.6. The maximum absolute atomic E-state index is 13.1. The standard InChI is InChI=1S/C22H28N6O3/c1-13(14-4-6-15(7-5-14)20(25)29)28-17-9-19(22(28)31)26(11-17)12-18(24)21(30)27-8-2-3-16(27)10-23/h4-7,13,16-19H,2-3,8-9,11-12,24H2,1H3,(H2,25,29)/t13?,16?,17?,18?,19-/m0/s1. The smallest absolute Gasteiger partial charge is 0.248 e. The second-order valence-electron chi connectivity index (χ2n) is 8.69. The van der Waals surface area contributed by atoms with Crippen LogP contribution in [0.5, 0.6) is 0 Å². The summed E-state index contributed by atoms with van der Waals surface area (Å²) in [6.07, 6.45) is 2.22. The molecule has 1 aromatic rings. The lowest BCUT2D eigenvalue weighted by Gasteiger charge is -2.38. The van der Waals surface area contributed by atoms with E-state index in [1.165, 1.54) is 0 Å². The van der Waals surface area contributed by atoms with E-state index >= 15 is 0 Å². The lowest BCUT2D eigenvalue weighted by molar-refractivity contribution is -0.140. The van der Waals surface area contributed by atoms with Crippen LogP contribution in [0.2, 0.25) is 0 Å². The van der Waals surface area contributed by atoms with Crippen LogP contribution in [0.25, 0.3) is 0 Å². The number of benzene rings is 1. The van der Waals surface area contributed by atoms with Crippen LogP contribution in [0, 0.1) is 11.3 Å². The SMILES string of the molecule is CC(c1ccc(C(N)=O)cc1)N1C(=O)[C@@H]2CC1CN2CC(N)C(=O)N1CCCC1C#N. The number of piperazine rings is 1. The summed E-state index contributed by atoms with van der Waals surface area (Å²) in [5, 5.41) is 9.22. The fraction of sp³-hybridized carbons (Fsp3) is 0.545. The number of hydrogen-bond donors (Lipinski definition) is 2. The number of amides is 3. The molecule has 4 rings (SSSR count). The van der Waals surface area contributed by atoms with Gasteiger partial charge in [0.2, 0.25) is 17.7 Å². The number of carbonyl (C=O) groups is 3. The third kappa shape index (κ3) is 3.77. The van der Waals surface area contributed by atoms with Gasteiger partial charge in [-0.15, -0.1) is 0 Å². The van der Waals surface area contributed by atoms with E-state index in [1.54, 1.807) is 17.0 Å². The third-order valence-corrected chi connectivity index (χ3v) is 6.84. The first kappa shape index (κ1) is 21.3. The Morgan fingerprint density at radius 1 is 1.29 bits per heavy atom. The molecule has 3 heterocycles. The molecule has 3 aliphatic rings. The average molecular weight is 425 g/mol. The molecule has 2 bridgehead atoms. The Morgan fingerprint density at radius 2 is 2.00 bits per heavy atom. The molecular formula is C22H28N6O3. The quantitative estimate of drug-likeness (QED) is 0.658. The molecule has 31 heavy (non-hydrogen) atoms. The van der Waals surface area contributed by atoms with Crippen molar-refractivity contribution in [2.75, 3.05) is 19.6 Å². The zero-order valence-corrected chi connectivity index (χ0v) is 17.6. The number of carbonyl (C=O) groups excluding carboxylic acids is 3. The van der Waals surface area contributed by atoms with Gasteiger partial charge in [-0.3, -0.25) is 19.3 Å². The van der Waals surface area contributed by atoms with Gasteiger partial charge < -0.3 is 21.3 Å². The summed E-state index contributed by atoms with van der Waals surface area (Å²) in [5.74, 6) is -0.649. The normalized spacial score (nSPS) is 27.4. The molecule has 3 fully saturated rings. The van der Waals surface area contributed by atoms with Crippen molar-refractivity contribution >= 4 is 17.7 Å². The van der Waals surface area contributed by atoms with E-state index in [9.17, 15) is 19.6 Å². The van der Waals surface area contributed by atoms with Crippen molar-refractivity contribution in [3.05, 3.63) is 35.4 Å². The number of primary amides is 1. The molecule has 0 aromatic heterocycles. The zero-order valence-electron chi connectivity index (χ0n) is 17.6. The Morgan fingerprint density at radius 3 is 2.61 bits per heavy atom. The number of likely N-dealkylation sites (tertiary alicyclic amines) is 3. The zero-order chi connectivity index (χ0) is 22.3.